The van der Waals surface area contributed by atoms with Crippen LogP contribution in [0, 0.1) is 19.3 Å². The molecule has 0 unspecified atom stereocenters. The number of amides is 2. The third kappa shape index (κ3) is 6.56. The molecule has 0 aliphatic carbocycles. The van der Waals surface area contributed by atoms with Crippen molar-refractivity contribution in [3.8, 4) is 0 Å². The van der Waals surface area contributed by atoms with Crippen LogP contribution < -0.4 is 4.90 Å². The van der Waals surface area contributed by atoms with Crippen molar-refractivity contribution in [3.05, 3.63) is 64.2 Å². The fourth-order valence-electron chi connectivity index (χ4n) is 5.32. The Morgan fingerprint density at radius 3 is 2.36 bits per heavy atom. The third-order valence-electron chi connectivity index (χ3n) is 7.70. The molecule has 2 aliphatic rings. The number of benzene rings is 2. The van der Waals surface area contributed by atoms with Crippen molar-refractivity contribution >= 4 is 17.5 Å². The van der Waals surface area contributed by atoms with Crippen LogP contribution in [0.15, 0.2) is 36.4 Å². The molecular formula is C31H43N3O2. The Bertz CT molecular complexity index is 1090. The molecule has 5 heteroatoms. The molecule has 0 aromatic heterocycles. The van der Waals surface area contributed by atoms with Crippen LogP contribution in [-0.4, -0.2) is 60.9 Å². The minimum Gasteiger partial charge on any atom is -0.340 e. The van der Waals surface area contributed by atoms with Crippen molar-refractivity contribution in [2.24, 2.45) is 5.41 Å². The number of anilines is 1. The molecule has 2 amide bonds. The van der Waals surface area contributed by atoms with Crippen molar-refractivity contribution < 1.29 is 9.59 Å². The van der Waals surface area contributed by atoms with Crippen molar-refractivity contribution in [1.29, 1.82) is 0 Å². The summed E-state index contributed by atoms with van der Waals surface area (Å²) < 4.78 is 0. The molecule has 0 radical (unpaired) electrons. The molecule has 0 atom stereocenters. The number of nitrogens with zero attached hydrogens (tertiary/aromatic N) is 3. The molecule has 2 heterocycles. The number of aryl methyl sites for hydroxylation is 4. The van der Waals surface area contributed by atoms with E-state index in [0.717, 1.165) is 80.9 Å². The first kappa shape index (κ1) is 26.4. The predicted octanol–water partition coefficient (Wildman–Crippen LogP) is 5.41. The Hall–Kier alpha value is -2.66. The van der Waals surface area contributed by atoms with Gasteiger partial charge in [0.05, 0.1) is 0 Å². The zero-order valence-corrected chi connectivity index (χ0v) is 22.9. The highest BCUT2D eigenvalue weighted by Crippen LogP contribution is 2.29. The van der Waals surface area contributed by atoms with Crippen molar-refractivity contribution in [3.63, 3.8) is 0 Å². The van der Waals surface area contributed by atoms with E-state index in [1.807, 2.05) is 28.0 Å². The number of fused-ring (bicyclic) bond motifs is 1. The summed E-state index contributed by atoms with van der Waals surface area (Å²) in [6.07, 6.45) is 4.44. The van der Waals surface area contributed by atoms with E-state index < -0.39 is 0 Å². The molecule has 0 N–H and O–H groups in total. The van der Waals surface area contributed by atoms with Crippen molar-refractivity contribution in [2.75, 3.05) is 44.2 Å². The standard InChI is InChI=1S/C31H43N3O2/c1-23-8-12-28-26(21-23)7-6-15-34(28)30(36)27-10-9-25(24(2)22-27)11-13-29(35)33-19-17-32(18-20-33)16-14-31(3,4)5/h8-10,12,21-22H,6-7,11,13-20H2,1-5H3. The Morgan fingerprint density at radius 1 is 0.917 bits per heavy atom. The van der Waals surface area contributed by atoms with E-state index in [4.69, 9.17) is 0 Å². The van der Waals surface area contributed by atoms with Gasteiger partial charge in [-0.1, -0.05) is 44.5 Å². The van der Waals surface area contributed by atoms with Crippen LogP contribution in [0.1, 0.15) is 72.6 Å². The molecule has 2 aromatic rings. The molecule has 2 aliphatic heterocycles. The molecule has 194 valence electrons. The molecule has 1 fully saturated rings. The first-order valence-electron chi connectivity index (χ1n) is 13.6. The predicted molar refractivity (Wildman–Crippen MR) is 148 cm³/mol. The lowest BCUT2D eigenvalue weighted by molar-refractivity contribution is -0.132. The first-order chi connectivity index (χ1) is 17.1. The number of hydrogen-bond donors (Lipinski definition) is 0. The van der Waals surface area contributed by atoms with Gasteiger partial charge in [-0.15, -0.1) is 0 Å². The summed E-state index contributed by atoms with van der Waals surface area (Å²) in [5.41, 5.74) is 6.85. The normalized spacial score (nSPS) is 16.7. The Labute approximate surface area is 217 Å². The van der Waals surface area contributed by atoms with Crippen LogP contribution in [0.4, 0.5) is 5.69 Å². The second-order valence-electron chi connectivity index (χ2n) is 11.9. The highest BCUT2D eigenvalue weighted by molar-refractivity contribution is 6.07. The number of rotatable bonds is 6. The molecule has 4 rings (SSSR count). The number of piperazine rings is 1. The second-order valence-corrected chi connectivity index (χ2v) is 11.9. The van der Waals surface area contributed by atoms with E-state index in [9.17, 15) is 9.59 Å². The molecule has 0 saturated carbocycles. The molecule has 36 heavy (non-hydrogen) atoms. The maximum Gasteiger partial charge on any atom is 0.258 e. The average molecular weight is 490 g/mol. The van der Waals surface area contributed by atoms with Crippen LogP contribution >= 0.6 is 0 Å². The van der Waals surface area contributed by atoms with Crippen LogP contribution in [-0.2, 0) is 17.6 Å². The highest BCUT2D eigenvalue weighted by Gasteiger charge is 2.25. The Balaban J connectivity index is 1.31. The van der Waals surface area contributed by atoms with Crippen molar-refractivity contribution in [1.82, 2.24) is 9.80 Å². The van der Waals surface area contributed by atoms with Gasteiger partial charge in [0.25, 0.3) is 5.91 Å². The van der Waals surface area contributed by atoms with E-state index in [2.05, 4.69) is 57.7 Å². The average Bonchev–Trinajstić information content (AvgIpc) is 2.85. The molecular weight excluding hydrogens is 446 g/mol. The monoisotopic (exact) mass is 489 g/mol. The van der Waals surface area contributed by atoms with Gasteiger partial charge in [0, 0.05) is 50.4 Å². The smallest absolute Gasteiger partial charge is 0.258 e. The van der Waals surface area contributed by atoms with Gasteiger partial charge in [-0.2, -0.15) is 0 Å². The van der Waals surface area contributed by atoms with Gasteiger partial charge in [-0.05, 0) is 86.4 Å². The summed E-state index contributed by atoms with van der Waals surface area (Å²) >= 11 is 0. The lowest BCUT2D eigenvalue weighted by Gasteiger charge is -2.36. The van der Waals surface area contributed by atoms with Crippen LogP contribution in [0.25, 0.3) is 0 Å². The van der Waals surface area contributed by atoms with Gasteiger partial charge in [0.2, 0.25) is 5.91 Å². The number of hydrogen-bond acceptors (Lipinski definition) is 3. The summed E-state index contributed by atoms with van der Waals surface area (Å²) in [7, 11) is 0. The molecule has 0 bridgehead atoms. The van der Waals surface area contributed by atoms with E-state index in [1.54, 1.807) is 0 Å². The van der Waals surface area contributed by atoms with Gasteiger partial charge in [-0.3, -0.25) is 14.5 Å². The van der Waals surface area contributed by atoms with Crippen molar-refractivity contribution in [2.45, 2.75) is 66.7 Å². The molecule has 0 spiro atoms. The van der Waals surface area contributed by atoms with Gasteiger partial charge in [0.15, 0.2) is 0 Å². The van der Waals surface area contributed by atoms with E-state index in [-0.39, 0.29) is 11.8 Å². The van der Waals surface area contributed by atoms with Gasteiger partial charge >= 0.3 is 0 Å². The van der Waals surface area contributed by atoms with Crippen LogP contribution in [0.5, 0.6) is 0 Å². The Morgan fingerprint density at radius 2 is 1.67 bits per heavy atom. The van der Waals surface area contributed by atoms with E-state index in [1.165, 1.54) is 17.5 Å². The highest BCUT2D eigenvalue weighted by atomic mass is 16.2. The summed E-state index contributed by atoms with van der Waals surface area (Å²) in [4.78, 5) is 32.7. The fourth-order valence-corrected chi connectivity index (χ4v) is 5.32. The van der Waals surface area contributed by atoms with Crippen LogP contribution in [0.2, 0.25) is 0 Å². The maximum absolute atomic E-state index is 13.4. The lowest BCUT2D eigenvalue weighted by atomic mass is 9.92. The maximum atomic E-state index is 13.4. The largest absolute Gasteiger partial charge is 0.340 e. The SMILES string of the molecule is Cc1ccc2c(c1)CCCN2C(=O)c1ccc(CCC(=O)N2CCN(CCC(C)(C)C)CC2)c(C)c1. The van der Waals surface area contributed by atoms with E-state index >= 15 is 0 Å². The topological polar surface area (TPSA) is 43.9 Å². The fraction of sp³-hybridized carbons (Fsp3) is 0.548. The van der Waals surface area contributed by atoms with Crippen LogP contribution in [0.3, 0.4) is 0 Å². The van der Waals surface area contributed by atoms with Gasteiger partial charge < -0.3 is 9.80 Å². The van der Waals surface area contributed by atoms with E-state index in [0.29, 0.717) is 11.8 Å². The molecule has 2 aromatic carbocycles. The molecule has 1 saturated heterocycles. The second kappa shape index (κ2) is 11.2. The zero-order valence-electron chi connectivity index (χ0n) is 22.9. The number of carbonyl (C=O) groups is 2. The minimum atomic E-state index is 0.0647. The zero-order chi connectivity index (χ0) is 25.9. The lowest BCUT2D eigenvalue weighted by Crippen LogP contribution is -2.49. The summed E-state index contributed by atoms with van der Waals surface area (Å²) in [5.74, 6) is 0.306. The minimum absolute atomic E-state index is 0.0647. The summed E-state index contributed by atoms with van der Waals surface area (Å²) in [5, 5.41) is 0. The van der Waals surface area contributed by atoms with Gasteiger partial charge in [-0.25, -0.2) is 0 Å². The molecule has 5 nitrogen and oxygen atoms in total. The summed E-state index contributed by atoms with van der Waals surface area (Å²) in [6.45, 7) is 16.5. The summed E-state index contributed by atoms with van der Waals surface area (Å²) in [6, 6.07) is 12.3. The van der Waals surface area contributed by atoms with Gasteiger partial charge in [0.1, 0.15) is 0 Å². The first-order valence-corrected chi connectivity index (χ1v) is 13.6. The Kier molecular flexibility index (Phi) is 8.19. The third-order valence-corrected chi connectivity index (χ3v) is 7.70. The quantitative estimate of drug-likeness (QED) is 0.545. The number of carbonyl (C=O) groups excluding carboxylic acids is 2.